The number of nitriles is 1. The number of nitrogens with zero attached hydrogens (tertiary/aromatic N) is 4. The molecule has 2 aromatic carbocycles. The van der Waals surface area contributed by atoms with E-state index in [0.29, 0.717) is 30.6 Å². The van der Waals surface area contributed by atoms with E-state index in [4.69, 9.17) is 9.73 Å². The summed E-state index contributed by atoms with van der Waals surface area (Å²) in [6.45, 7) is 1.14. The van der Waals surface area contributed by atoms with Gasteiger partial charge in [0.05, 0.1) is 35.7 Å². The number of amides is 1. The lowest BCUT2D eigenvalue weighted by molar-refractivity contribution is 0.0993. The minimum absolute atomic E-state index is 0.0125. The monoisotopic (exact) mass is 493 g/mol. The minimum atomic E-state index is -0.134. The second-order valence-electron chi connectivity index (χ2n) is 9.42. The number of para-hydroxylation sites is 1. The minimum Gasteiger partial charge on any atom is -0.375 e. The summed E-state index contributed by atoms with van der Waals surface area (Å²) in [6, 6.07) is 18.0. The number of aliphatic imine (C=N–C) groups is 2. The van der Waals surface area contributed by atoms with E-state index in [0.717, 1.165) is 53.1 Å². The summed E-state index contributed by atoms with van der Waals surface area (Å²) in [5.74, 6) is -0.0125. The molecule has 0 fully saturated rings. The van der Waals surface area contributed by atoms with E-state index in [1.54, 1.807) is 12.0 Å². The number of ether oxygens (including phenoxy) is 1. The molecular formula is C30H31N5O2. The molecule has 7 heteroatoms. The lowest BCUT2D eigenvalue weighted by atomic mass is 9.90. The van der Waals surface area contributed by atoms with E-state index in [9.17, 15) is 10.1 Å². The normalized spacial score (nSPS) is 24.2. The number of hydrogen-bond donors (Lipinski definition) is 1. The van der Waals surface area contributed by atoms with Gasteiger partial charge >= 0.3 is 0 Å². The van der Waals surface area contributed by atoms with Crippen LogP contribution in [0.15, 0.2) is 81.4 Å². The van der Waals surface area contributed by atoms with Crippen molar-refractivity contribution in [2.24, 2.45) is 9.98 Å². The van der Waals surface area contributed by atoms with Crippen LogP contribution < -0.4 is 10.2 Å². The molecule has 2 heterocycles. The molecule has 2 atom stereocenters. The van der Waals surface area contributed by atoms with Gasteiger partial charge in [0.2, 0.25) is 0 Å². The Hall–Kier alpha value is -3.86. The summed E-state index contributed by atoms with van der Waals surface area (Å²) in [5.41, 5.74) is 7.06. The molecule has 5 rings (SSSR count). The first-order chi connectivity index (χ1) is 18.1. The summed E-state index contributed by atoms with van der Waals surface area (Å²) in [6.07, 6.45) is 7.16. The van der Waals surface area contributed by atoms with Crippen LogP contribution in [0.5, 0.6) is 0 Å². The van der Waals surface area contributed by atoms with E-state index >= 15 is 0 Å². The van der Waals surface area contributed by atoms with Crippen LogP contribution >= 0.6 is 0 Å². The zero-order valence-electron chi connectivity index (χ0n) is 21.3. The molecular weight excluding hydrogens is 462 g/mol. The summed E-state index contributed by atoms with van der Waals surface area (Å²) in [4.78, 5) is 24.2. The molecule has 1 aliphatic carbocycles. The largest absolute Gasteiger partial charge is 0.375 e. The highest BCUT2D eigenvalue weighted by atomic mass is 16.5. The van der Waals surface area contributed by atoms with Crippen molar-refractivity contribution >= 4 is 23.5 Å². The number of nitrogens with one attached hydrogen (secondary N) is 1. The number of rotatable bonds is 5. The van der Waals surface area contributed by atoms with Crippen molar-refractivity contribution in [3.8, 4) is 6.07 Å². The molecule has 0 radical (unpaired) electrons. The smallest absolute Gasteiger partial charge is 0.258 e. The molecule has 1 amide bonds. The SMILES string of the molecule is COC1CCC=N/C1=C1/C=C(C#N)C(=NCCNC2c3ccccc3C(=O)N(C)c3ccccc32)CC1. The lowest BCUT2D eigenvalue weighted by Crippen LogP contribution is -2.26. The second kappa shape index (κ2) is 11.0. The molecule has 0 aromatic heterocycles. The first kappa shape index (κ1) is 24.8. The molecule has 2 aliphatic heterocycles. The van der Waals surface area contributed by atoms with Gasteiger partial charge in [-0.3, -0.25) is 14.8 Å². The summed E-state index contributed by atoms with van der Waals surface area (Å²) >= 11 is 0. The number of methoxy groups -OCH3 is 1. The topological polar surface area (TPSA) is 90.1 Å². The number of benzene rings is 2. The fourth-order valence-corrected chi connectivity index (χ4v) is 5.37. The van der Waals surface area contributed by atoms with E-state index in [1.807, 2.05) is 61.8 Å². The Kier molecular flexibility index (Phi) is 7.40. The summed E-state index contributed by atoms with van der Waals surface area (Å²) in [7, 11) is 3.53. The number of carbonyl (C=O) groups excluding carboxylic acids is 1. The Morgan fingerprint density at radius 2 is 1.95 bits per heavy atom. The van der Waals surface area contributed by atoms with Crippen molar-refractivity contribution < 1.29 is 9.53 Å². The molecule has 0 saturated carbocycles. The van der Waals surface area contributed by atoms with Gasteiger partial charge in [-0.05, 0) is 60.6 Å². The van der Waals surface area contributed by atoms with Crippen LogP contribution in [-0.2, 0) is 4.74 Å². The fraction of sp³-hybridized carbons (Fsp3) is 0.333. The average molecular weight is 494 g/mol. The maximum absolute atomic E-state index is 13.2. The van der Waals surface area contributed by atoms with Crippen molar-refractivity contribution in [1.29, 1.82) is 5.26 Å². The molecule has 37 heavy (non-hydrogen) atoms. The van der Waals surface area contributed by atoms with Gasteiger partial charge in [-0.2, -0.15) is 5.26 Å². The first-order valence-electron chi connectivity index (χ1n) is 12.8. The first-order valence-corrected chi connectivity index (χ1v) is 12.8. The van der Waals surface area contributed by atoms with Gasteiger partial charge in [-0.1, -0.05) is 36.4 Å². The highest BCUT2D eigenvalue weighted by molar-refractivity contribution is 6.08. The predicted molar refractivity (Wildman–Crippen MR) is 146 cm³/mol. The van der Waals surface area contributed by atoms with Crippen molar-refractivity contribution in [2.45, 2.75) is 37.8 Å². The Labute approximate surface area is 217 Å². The number of carbonyl (C=O) groups is 1. The van der Waals surface area contributed by atoms with Gasteiger partial charge in [0, 0.05) is 38.2 Å². The zero-order chi connectivity index (χ0) is 25.8. The maximum atomic E-state index is 13.2. The number of anilines is 1. The highest BCUT2D eigenvalue weighted by Gasteiger charge is 2.30. The fourth-order valence-electron chi connectivity index (χ4n) is 5.37. The van der Waals surface area contributed by atoms with Gasteiger partial charge in [-0.15, -0.1) is 0 Å². The molecule has 1 N–H and O–H groups in total. The zero-order valence-corrected chi connectivity index (χ0v) is 21.3. The molecule has 2 unspecified atom stereocenters. The Morgan fingerprint density at radius 3 is 2.76 bits per heavy atom. The van der Waals surface area contributed by atoms with Crippen molar-refractivity contribution in [2.75, 3.05) is 32.1 Å². The molecule has 0 spiro atoms. The van der Waals surface area contributed by atoms with Gasteiger partial charge in [0.25, 0.3) is 5.91 Å². The van der Waals surface area contributed by atoms with Gasteiger partial charge < -0.3 is 15.0 Å². The van der Waals surface area contributed by atoms with Gasteiger partial charge in [0.15, 0.2) is 0 Å². The predicted octanol–water partition coefficient (Wildman–Crippen LogP) is 4.77. The van der Waals surface area contributed by atoms with Crippen LogP contribution in [0.1, 0.15) is 53.2 Å². The maximum Gasteiger partial charge on any atom is 0.258 e. The highest BCUT2D eigenvalue weighted by Crippen LogP contribution is 2.36. The quantitative estimate of drug-likeness (QED) is 0.608. The molecule has 0 saturated heterocycles. The molecule has 188 valence electrons. The van der Waals surface area contributed by atoms with Crippen LogP contribution in [0.3, 0.4) is 0 Å². The second-order valence-corrected chi connectivity index (χ2v) is 9.42. The number of allylic oxidation sites excluding steroid dienone is 3. The third-order valence-corrected chi connectivity index (χ3v) is 7.27. The standard InChI is InChI=1S/C30H31N5O2/c1-35-26-11-6-5-10-24(26)29(22-8-3-4-9-23(22)30(35)36)34-17-16-32-25-14-13-20(18-21(25)19-31)28-27(37-2)12-7-15-33-28/h3-6,8-11,15,18,27,29,34H,7,12-14,16-17H2,1-2H3/b28-20+,32-25?. The van der Waals surface area contributed by atoms with Crippen LogP contribution in [0.2, 0.25) is 0 Å². The Balaban J connectivity index is 1.35. The van der Waals surface area contributed by atoms with E-state index in [-0.39, 0.29) is 18.1 Å². The average Bonchev–Trinajstić information content (AvgIpc) is 3.04. The van der Waals surface area contributed by atoms with Crippen LogP contribution in [-0.4, -0.2) is 51.2 Å². The molecule has 2 aromatic rings. The number of fused-ring (bicyclic) bond motifs is 2. The summed E-state index contributed by atoms with van der Waals surface area (Å²) in [5, 5.41) is 13.4. The van der Waals surface area contributed by atoms with E-state index in [1.165, 1.54) is 0 Å². The van der Waals surface area contributed by atoms with Crippen LogP contribution in [0.25, 0.3) is 0 Å². The van der Waals surface area contributed by atoms with Crippen molar-refractivity contribution in [3.05, 3.63) is 88.1 Å². The van der Waals surface area contributed by atoms with Gasteiger partial charge in [-0.25, -0.2) is 0 Å². The summed E-state index contributed by atoms with van der Waals surface area (Å²) < 4.78 is 5.62. The lowest BCUT2D eigenvalue weighted by Gasteiger charge is -2.24. The van der Waals surface area contributed by atoms with E-state index < -0.39 is 0 Å². The Morgan fingerprint density at radius 1 is 1.16 bits per heavy atom. The molecule has 3 aliphatic rings. The van der Waals surface area contributed by atoms with Crippen molar-refractivity contribution in [3.63, 3.8) is 0 Å². The molecule has 7 nitrogen and oxygen atoms in total. The molecule has 0 bridgehead atoms. The third kappa shape index (κ3) is 4.91. The van der Waals surface area contributed by atoms with Crippen molar-refractivity contribution in [1.82, 2.24) is 5.32 Å². The number of hydrogen-bond acceptors (Lipinski definition) is 6. The van der Waals surface area contributed by atoms with E-state index in [2.05, 4.69) is 22.4 Å². The van der Waals surface area contributed by atoms with Gasteiger partial charge in [0.1, 0.15) is 6.07 Å². The van der Waals surface area contributed by atoms with Crippen LogP contribution in [0.4, 0.5) is 5.69 Å². The Bertz CT molecular complexity index is 1360. The van der Waals surface area contributed by atoms with Crippen LogP contribution in [0, 0.1) is 11.3 Å². The third-order valence-electron chi connectivity index (χ3n) is 7.27.